The van der Waals surface area contributed by atoms with Crippen LogP contribution in [0.1, 0.15) is 36.0 Å². The first-order valence-corrected chi connectivity index (χ1v) is 6.47. The van der Waals surface area contributed by atoms with Crippen LogP contribution in [0.3, 0.4) is 0 Å². The van der Waals surface area contributed by atoms with Gasteiger partial charge in [0, 0.05) is 17.5 Å². The Bertz CT molecular complexity index is 567. The van der Waals surface area contributed by atoms with Crippen LogP contribution in [0.25, 0.3) is 11.0 Å². The molecule has 0 atom stereocenters. The van der Waals surface area contributed by atoms with Crippen molar-refractivity contribution < 1.29 is 4.79 Å². The fraction of sp³-hybridized carbons (Fsp3) is 0.429. The maximum absolute atomic E-state index is 12.4. The highest BCUT2D eigenvalue weighted by molar-refractivity contribution is 6.00. The van der Waals surface area contributed by atoms with Crippen LogP contribution in [-0.4, -0.2) is 21.8 Å². The third-order valence-corrected chi connectivity index (χ3v) is 3.85. The van der Waals surface area contributed by atoms with Crippen LogP contribution in [0.5, 0.6) is 0 Å². The number of imidazole rings is 1. The minimum absolute atomic E-state index is 0.144. The monoisotopic (exact) mass is 243 g/mol. The summed E-state index contributed by atoms with van der Waals surface area (Å²) in [5, 5.41) is 0. The molecule has 0 saturated heterocycles. The van der Waals surface area contributed by atoms with Crippen molar-refractivity contribution in [2.24, 2.45) is 11.7 Å². The van der Waals surface area contributed by atoms with Crippen LogP contribution in [0, 0.1) is 5.92 Å². The van der Waals surface area contributed by atoms with Crippen molar-refractivity contribution in [1.29, 1.82) is 0 Å². The number of ketones is 1. The number of fused-ring (bicyclic) bond motifs is 1. The molecule has 1 aliphatic carbocycles. The van der Waals surface area contributed by atoms with Crippen LogP contribution in [0.2, 0.25) is 0 Å². The summed E-state index contributed by atoms with van der Waals surface area (Å²) < 4.78 is 0. The molecule has 4 nitrogen and oxygen atoms in total. The summed E-state index contributed by atoms with van der Waals surface area (Å²) >= 11 is 0. The quantitative estimate of drug-likeness (QED) is 0.795. The van der Waals surface area contributed by atoms with Gasteiger partial charge in [-0.1, -0.05) is 0 Å². The van der Waals surface area contributed by atoms with Gasteiger partial charge in [-0.15, -0.1) is 0 Å². The molecule has 0 aliphatic heterocycles. The molecule has 1 saturated carbocycles. The van der Waals surface area contributed by atoms with Crippen LogP contribution in [-0.2, 0) is 0 Å². The number of benzene rings is 1. The van der Waals surface area contributed by atoms with Crippen molar-refractivity contribution in [1.82, 2.24) is 9.97 Å². The maximum atomic E-state index is 12.4. The molecule has 0 unspecified atom stereocenters. The number of nitrogens with one attached hydrogen (secondary N) is 1. The third-order valence-electron chi connectivity index (χ3n) is 3.85. The molecule has 0 bridgehead atoms. The summed E-state index contributed by atoms with van der Waals surface area (Å²) in [4.78, 5) is 19.6. The average Bonchev–Trinajstić information content (AvgIpc) is 2.86. The molecule has 2 aromatic rings. The lowest BCUT2D eigenvalue weighted by molar-refractivity contribution is 0.0885. The van der Waals surface area contributed by atoms with Gasteiger partial charge in [0.1, 0.15) is 0 Å². The Morgan fingerprint density at radius 1 is 1.28 bits per heavy atom. The molecule has 18 heavy (non-hydrogen) atoms. The van der Waals surface area contributed by atoms with E-state index in [-0.39, 0.29) is 17.7 Å². The number of nitrogens with two attached hydrogens (primary N) is 1. The summed E-state index contributed by atoms with van der Waals surface area (Å²) in [5.41, 5.74) is 8.48. The van der Waals surface area contributed by atoms with E-state index < -0.39 is 0 Å². The Hall–Kier alpha value is -1.68. The number of H-pyrrole nitrogens is 1. The smallest absolute Gasteiger partial charge is 0.166 e. The average molecular weight is 243 g/mol. The molecule has 1 heterocycles. The van der Waals surface area contributed by atoms with E-state index in [1.165, 1.54) is 0 Å². The molecule has 1 aromatic heterocycles. The number of rotatable bonds is 2. The van der Waals surface area contributed by atoms with E-state index in [0.717, 1.165) is 42.3 Å². The zero-order valence-corrected chi connectivity index (χ0v) is 10.2. The lowest BCUT2D eigenvalue weighted by Gasteiger charge is -2.24. The number of aromatic nitrogens is 2. The second kappa shape index (κ2) is 4.53. The summed E-state index contributed by atoms with van der Waals surface area (Å²) in [6, 6.07) is 5.96. The number of hydrogen-bond acceptors (Lipinski definition) is 3. The molecule has 94 valence electrons. The van der Waals surface area contributed by atoms with Crippen molar-refractivity contribution in [3.05, 3.63) is 30.1 Å². The molecule has 1 aliphatic rings. The van der Waals surface area contributed by atoms with Crippen molar-refractivity contribution >= 4 is 16.8 Å². The standard InChI is InChI=1S/C14H17N3O/c15-11-4-1-9(2-5-11)14(18)10-3-6-12-13(7-10)17-8-16-12/h3,6-9,11H,1-2,4-5,15H2,(H,16,17). The molecule has 3 rings (SSSR count). The third kappa shape index (κ3) is 2.04. The lowest BCUT2D eigenvalue weighted by Crippen LogP contribution is -2.29. The van der Waals surface area contributed by atoms with Gasteiger partial charge in [-0.25, -0.2) is 4.98 Å². The van der Waals surface area contributed by atoms with Gasteiger partial charge >= 0.3 is 0 Å². The molecular weight excluding hydrogens is 226 g/mol. The van der Waals surface area contributed by atoms with Gasteiger partial charge < -0.3 is 10.7 Å². The van der Waals surface area contributed by atoms with E-state index in [1.807, 2.05) is 18.2 Å². The summed E-state index contributed by atoms with van der Waals surface area (Å²) in [6.07, 6.45) is 5.41. The number of nitrogens with zero attached hydrogens (tertiary/aromatic N) is 1. The minimum Gasteiger partial charge on any atom is -0.345 e. The first-order valence-electron chi connectivity index (χ1n) is 6.47. The Morgan fingerprint density at radius 2 is 2.06 bits per heavy atom. The highest BCUT2D eigenvalue weighted by Gasteiger charge is 2.25. The topological polar surface area (TPSA) is 71.8 Å². The normalized spacial score (nSPS) is 24.3. The van der Waals surface area contributed by atoms with Gasteiger partial charge in [-0.3, -0.25) is 4.79 Å². The van der Waals surface area contributed by atoms with Crippen LogP contribution < -0.4 is 5.73 Å². The number of aromatic amines is 1. The summed E-state index contributed by atoms with van der Waals surface area (Å²) in [5.74, 6) is 0.392. The number of carbonyl (C=O) groups excluding carboxylic acids is 1. The second-order valence-corrected chi connectivity index (χ2v) is 5.11. The van der Waals surface area contributed by atoms with E-state index in [2.05, 4.69) is 9.97 Å². The summed E-state index contributed by atoms with van der Waals surface area (Å²) in [7, 11) is 0. The van der Waals surface area contributed by atoms with Crippen LogP contribution in [0.15, 0.2) is 24.5 Å². The molecule has 3 N–H and O–H groups in total. The first kappa shape index (κ1) is 11.4. The van der Waals surface area contributed by atoms with Gasteiger partial charge in [0.15, 0.2) is 5.78 Å². The molecule has 0 spiro atoms. The van der Waals surface area contributed by atoms with Crippen LogP contribution >= 0.6 is 0 Å². The lowest BCUT2D eigenvalue weighted by atomic mass is 9.82. The molecular formula is C14H17N3O. The molecule has 1 aromatic carbocycles. The largest absolute Gasteiger partial charge is 0.345 e. The molecule has 0 amide bonds. The SMILES string of the molecule is NC1CCC(C(=O)c2ccc3nc[nH]c3c2)CC1. The summed E-state index contributed by atoms with van der Waals surface area (Å²) in [6.45, 7) is 0. The molecule has 4 heteroatoms. The highest BCUT2D eigenvalue weighted by Crippen LogP contribution is 2.27. The van der Waals surface area contributed by atoms with Gasteiger partial charge in [0.25, 0.3) is 0 Å². The van der Waals surface area contributed by atoms with Crippen LogP contribution in [0.4, 0.5) is 0 Å². The number of carbonyl (C=O) groups is 1. The van der Waals surface area contributed by atoms with Crippen molar-refractivity contribution in [3.63, 3.8) is 0 Å². The predicted molar refractivity (Wildman–Crippen MR) is 70.4 cm³/mol. The van der Waals surface area contributed by atoms with E-state index in [0.29, 0.717) is 0 Å². The molecule has 0 radical (unpaired) electrons. The highest BCUT2D eigenvalue weighted by atomic mass is 16.1. The minimum atomic E-state index is 0.144. The van der Waals surface area contributed by atoms with E-state index in [9.17, 15) is 4.79 Å². The fourth-order valence-corrected chi connectivity index (χ4v) is 2.71. The number of hydrogen-bond donors (Lipinski definition) is 2. The zero-order chi connectivity index (χ0) is 12.5. The Kier molecular flexibility index (Phi) is 2.88. The zero-order valence-electron chi connectivity index (χ0n) is 10.2. The Balaban J connectivity index is 1.82. The van der Waals surface area contributed by atoms with Crippen molar-refractivity contribution in [2.45, 2.75) is 31.7 Å². The predicted octanol–water partition coefficient (Wildman–Crippen LogP) is 2.26. The van der Waals surface area contributed by atoms with Crippen molar-refractivity contribution in [3.8, 4) is 0 Å². The van der Waals surface area contributed by atoms with Gasteiger partial charge in [-0.2, -0.15) is 0 Å². The Labute approximate surface area is 106 Å². The fourth-order valence-electron chi connectivity index (χ4n) is 2.71. The Morgan fingerprint density at radius 3 is 2.83 bits per heavy atom. The van der Waals surface area contributed by atoms with Gasteiger partial charge in [0.05, 0.1) is 17.4 Å². The van der Waals surface area contributed by atoms with E-state index in [1.54, 1.807) is 6.33 Å². The molecule has 1 fully saturated rings. The van der Waals surface area contributed by atoms with Gasteiger partial charge in [-0.05, 0) is 43.9 Å². The van der Waals surface area contributed by atoms with Gasteiger partial charge in [0.2, 0.25) is 0 Å². The number of Topliss-reactive ketones (excluding diaryl/α,β-unsaturated/α-hetero) is 1. The van der Waals surface area contributed by atoms with Crippen molar-refractivity contribution in [2.75, 3.05) is 0 Å². The second-order valence-electron chi connectivity index (χ2n) is 5.11. The van der Waals surface area contributed by atoms with E-state index in [4.69, 9.17) is 5.73 Å². The first-order chi connectivity index (χ1) is 8.74. The van der Waals surface area contributed by atoms with E-state index >= 15 is 0 Å². The maximum Gasteiger partial charge on any atom is 0.166 e.